The quantitative estimate of drug-likeness (QED) is 0.818. The topological polar surface area (TPSA) is 12.0 Å². The van der Waals surface area contributed by atoms with Gasteiger partial charge in [0.1, 0.15) is 0 Å². The number of rotatable bonds is 3. The van der Waals surface area contributed by atoms with E-state index in [2.05, 4.69) is 5.32 Å². The molecule has 1 aromatic carbocycles. The molecule has 1 N–H and O–H groups in total. The SMILES string of the molecule is CCC(NC)c1cccc(C(F)(F)F)c1. The van der Waals surface area contributed by atoms with Gasteiger partial charge in [0.2, 0.25) is 0 Å². The lowest BCUT2D eigenvalue weighted by atomic mass is 10.0. The fourth-order valence-corrected chi connectivity index (χ4v) is 1.54. The van der Waals surface area contributed by atoms with Crippen LogP contribution >= 0.6 is 0 Å². The second-order valence-electron chi connectivity index (χ2n) is 3.37. The minimum absolute atomic E-state index is 0.0210. The van der Waals surface area contributed by atoms with Crippen molar-refractivity contribution in [1.82, 2.24) is 5.32 Å². The van der Waals surface area contributed by atoms with Crippen LogP contribution in [0.5, 0.6) is 0 Å². The van der Waals surface area contributed by atoms with Crippen molar-refractivity contribution in [3.8, 4) is 0 Å². The molecule has 0 aliphatic heterocycles. The molecule has 0 aliphatic carbocycles. The summed E-state index contributed by atoms with van der Waals surface area (Å²) in [5.74, 6) is 0. The molecule has 1 nitrogen and oxygen atoms in total. The maximum absolute atomic E-state index is 12.4. The average Bonchev–Trinajstić information content (AvgIpc) is 2.19. The molecule has 0 bridgehead atoms. The highest BCUT2D eigenvalue weighted by molar-refractivity contribution is 5.27. The minimum atomic E-state index is -4.26. The summed E-state index contributed by atoms with van der Waals surface area (Å²) >= 11 is 0. The Kier molecular flexibility index (Phi) is 3.74. The lowest BCUT2D eigenvalue weighted by molar-refractivity contribution is -0.137. The van der Waals surface area contributed by atoms with Gasteiger partial charge in [0.15, 0.2) is 0 Å². The highest BCUT2D eigenvalue weighted by Crippen LogP contribution is 2.31. The Hall–Kier alpha value is -1.03. The third-order valence-corrected chi connectivity index (χ3v) is 2.37. The first-order valence-corrected chi connectivity index (χ1v) is 4.83. The molecule has 0 spiro atoms. The number of nitrogens with one attached hydrogen (secondary N) is 1. The van der Waals surface area contributed by atoms with E-state index in [1.165, 1.54) is 12.1 Å². The molecule has 4 heteroatoms. The Morgan fingerprint density at radius 3 is 2.47 bits per heavy atom. The van der Waals surface area contributed by atoms with Crippen LogP contribution in [0.4, 0.5) is 13.2 Å². The van der Waals surface area contributed by atoms with Gasteiger partial charge in [-0.2, -0.15) is 13.2 Å². The van der Waals surface area contributed by atoms with Gasteiger partial charge in [-0.1, -0.05) is 19.1 Å². The van der Waals surface area contributed by atoms with Crippen molar-refractivity contribution in [3.63, 3.8) is 0 Å². The van der Waals surface area contributed by atoms with Gasteiger partial charge in [0.25, 0.3) is 0 Å². The molecule has 0 radical (unpaired) electrons. The molecule has 84 valence electrons. The van der Waals surface area contributed by atoms with E-state index in [9.17, 15) is 13.2 Å². The number of benzene rings is 1. The summed E-state index contributed by atoms with van der Waals surface area (Å²) in [5, 5.41) is 2.98. The highest BCUT2D eigenvalue weighted by Gasteiger charge is 2.30. The highest BCUT2D eigenvalue weighted by atomic mass is 19.4. The normalized spacial score (nSPS) is 13.9. The lowest BCUT2D eigenvalue weighted by Crippen LogP contribution is -2.16. The predicted octanol–water partition coefficient (Wildman–Crippen LogP) is 3.38. The van der Waals surface area contributed by atoms with Gasteiger partial charge in [-0.15, -0.1) is 0 Å². The third-order valence-electron chi connectivity index (χ3n) is 2.37. The molecule has 0 aliphatic rings. The van der Waals surface area contributed by atoms with Gasteiger partial charge in [0.05, 0.1) is 5.56 Å². The first-order valence-electron chi connectivity index (χ1n) is 4.83. The molecular weight excluding hydrogens is 203 g/mol. The van der Waals surface area contributed by atoms with Crippen molar-refractivity contribution in [2.75, 3.05) is 7.05 Å². The molecule has 1 aromatic rings. The second kappa shape index (κ2) is 4.66. The fourth-order valence-electron chi connectivity index (χ4n) is 1.54. The van der Waals surface area contributed by atoms with E-state index in [1.807, 2.05) is 6.92 Å². The Labute approximate surface area is 87.3 Å². The predicted molar refractivity (Wildman–Crippen MR) is 53.5 cm³/mol. The van der Waals surface area contributed by atoms with Crippen molar-refractivity contribution in [2.24, 2.45) is 0 Å². The second-order valence-corrected chi connectivity index (χ2v) is 3.37. The zero-order valence-electron chi connectivity index (χ0n) is 8.73. The van der Waals surface area contributed by atoms with E-state index in [0.717, 1.165) is 12.5 Å². The van der Waals surface area contributed by atoms with Crippen LogP contribution in [0.25, 0.3) is 0 Å². The smallest absolute Gasteiger partial charge is 0.313 e. The molecule has 0 saturated carbocycles. The standard InChI is InChI=1S/C11H14F3N/c1-3-10(15-2)8-5-4-6-9(7-8)11(12,13)14/h4-7,10,15H,3H2,1-2H3. The van der Waals surface area contributed by atoms with Crippen LogP contribution in [0.2, 0.25) is 0 Å². The van der Waals surface area contributed by atoms with Crippen LogP contribution < -0.4 is 5.32 Å². The van der Waals surface area contributed by atoms with Crippen LogP contribution in [-0.2, 0) is 6.18 Å². The van der Waals surface area contributed by atoms with Gasteiger partial charge in [-0.25, -0.2) is 0 Å². The van der Waals surface area contributed by atoms with Crippen LogP contribution in [0.15, 0.2) is 24.3 Å². The van der Waals surface area contributed by atoms with Crippen molar-refractivity contribution in [2.45, 2.75) is 25.6 Å². The maximum Gasteiger partial charge on any atom is 0.416 e. The van der Waals surface area contributed by atoms with Gasteiger partial charge in [-0.05, 0) is 31.2 Å². The van der Waals surface area contributed by atoms with Crippen LogP contribution in [0.1, 0.15) is 30.5 Å². The molecule has 0 heterocycles. The third kappa shape index (κ3) is 2.96. The summed E-state index contributed by atoms with van der Waals surface area (Å²) in [6, 6.07) is 5.42. The van der Waals surface area contributed by atoms with E-state index < -0.39 is 11.7 Å². The first-order chi connectivity index (χ1) is 6.99. The first kappa shape index (κ1) is 12.0. The van der Waals surface area contributed by atoms with E-state index in [4.69, 9.17) is 0 Å². The molecule has 0 saturated heterocycles. The monoisotopic (exact) mass is 217 g/mol. The maximum atomic E-state index is 12.4. The molecule has 1 atom stereocenters. The van der Waals surface area contributed by atoms with Gasteiger partial charge < -0.3 is 5.32 Å². The van der Waals surface area contributed by atoms with Crippen molar-refractivity contribution in [3.05, 3.63) is 35.4 Å². The molecule has 1 rings (SSSR count). The van der Waals surface area contributed by atoms with Crippen LogP contribution in [0.3, 0.4) is 0 Å². The number of alkyl halides is 3. The summed E-state index contributed by atoms with van der Waals surface area (Å²) in [4.78, 5) is 0. The zero-order valence-corrected chi connectivity index (χ0v) is 8.73. The summed E-state index contributed by atoms with van der Waals surface area (Å²) in [5.41, 5.74) is 0.0866. The van der Waals surface area contributed by atoms with Crippen LogP contribution in [-0.4, -0.2) is 7.05 Å². The molecule has 0 amide bonds. The number of hydrogen-bond acceptors (Lipinski definition) is 1. The van der Waals surface area contributed by atoms with E-state index >= 15 is 0 Å². The van der Waals surface area contributed by atoms with Gasteiger partial charge in [-0.3, -0.25) is 0 Å². The van der Waals surface area contributed by atoms with E-state index in [1.54, 1.807) is 13.1 Å². The van der Waals surface area contributed by atoms with Crippen molar-refractivity contribution in [1.29, 1.82) is 0 Å². The summed E-state index contributed by atoms with van der Waals surface area (Å²) in [7, 11) is 1.74. The number of hydrogen-bond donors (Lipinski definition) is 1. The summed E-state index contributed by atoms with van der Waals surface area (Å²) in [6.07, 6.45) is -3.50. The Morgan fingerprint density at radius 1 is 1.33 bits per heavy atom. The summed E-state index contributed by atoms with van der Waals surface area (Å²) < 4.78 is 37.3. The Balaban J connectivity index is 3.02. The Bertz CT molecular complexity index is 316. The average molecular weight is 217 g/mol. The van der Waals surface area contributed by atoms with Crippen molar-refractivity contribution >= 4 is 0 Å². The molecule has 0 fully saturated rings. The lowest BCUT2D eigenvalue weighted by Gasteiger charge is -2.16. The van der Waals surface area contributed by atoms with Crippen LogP contribution in [0, 0.1) is 0 Å². The molecular formula is C11H14F3N. The molecule has 15 heavy (non-hydrogen) atoms. The van der Waals surface area contributed by atoms with E-state index in [-0.39, 0.29) is 6.04 Å². The van der Waals surface area contributed by atoms with Gasteiger partial charge >= 0.3 is 6.18 Å². The zero-order chi connectivity index (χ0) is 11.5. The largest absolute Gasteiger partial charge is 0.416 e. The fraction of sp³-hybridized carbons (Fsp3) is 0.455. The number of halogens is 3. The van der Waals surface area contributed by atoms with Crippen molar-refractivity contribution < 1.29 is 13.2 Å². The molecule has 1 unspecified atom stereocenters. The molecule has 0 aromatic heterocycles. The Morgan fingerprint density at radius 2 is 2.00 bits per heavy atom. The van der Waals surface area contributed by atoms with Gasteiger partial charge in [0, 0.05) is 6.04 Å². The summed E-state index contributed by atoms with van der Waals surface area (Å²) in [6.45, 7) is 1.93. The minimum Gasteiger partial charge on any atom is -0.313 e. The van der Waals surface area contributed by atoms with E-state index in [0.29, 0.717) is 5.56 Å².